The highest BCUT2D eigenvalue weighted by atomic mass is 14.8. The predicted molar refractivity (Wildman–Crippen MR) is 58.5 cm³/mol. The molecule has 0 radical (unpaired) electrons. The van der Waals surface area contributed by atoms with Gasteiger partial charge in [-0.25, -0.2) is 0 Å². The number of allylic oxidation sites excluding steroid dienone is 2. The highest BCUT2D eigenvalue weighted by molar-refractivity contribution is 5.34. The molecule has 0 saturated carbocycles. The van der Waals surface area contributed by atoms with E-state index in [1.807, 2.05) is 0 Å². The summed E-state index contributed by atoms with van der Waals surface area (Å²) in [7, 11) is 0. The summed E-state index contributed by atoms with van der Waals surface area (Å²) in [4.78, 5) is 0. The van der Waals surface area contributed by atoms with E-state index in [2.05, 4.69) is 52.2 Å². The zero-order valence-electron chi connectivity index (χ0n) is 9.44. The molecular weight excluding hydrogens is 158 g/mol. The van der Waals surface area contributed by atoms with Crippen molar-refractivity contribution in [2.75, 3.05) is 6.54 Å². The van der Waals surface area contributed by atoms with Crippen molar-refractivity contribution in [3.05, 3.63) is 23.4 Å². The van der Waals surface area contributed by atoms with Crippen LogP contribution in [0.15, 0.2) is 23.4 Å². The van der Waals surface area contributed by atoms with Crippen molar-refractivity contribution in [2.24, 2.45) is 11.3 Å². The summed E-state index contributed by atoms with van der Waals surface area (Å²) in [5.41, 5.74) is 3.34. The Kier molecular flexibility index (Phi) is 2.84. The summed E-state index contributed by atoms with van der Waals surface area (Å²) in [6, 6.07) is 0. The van der Waals surface area contributed by atoms with Crippen LogP contribution in [0.25, 0.3) is 0 Å². The number of dihydropyridines is 1. The Bertz CT molecular complexity index is 238. The van der Waals surface area contributed by atoms with Gasteiger partial charge in [0, 0.05) is 6.54 Å². The van der Waals surface area contributed by atoms with E-state index in [9.17, 15) is 0 Å². The molecule has 1 heteroatoms. The summed E-state index contributed by atoms with van der Waals surface area (Å²) in [5, 5.41) is 3.29. The second kappa shape index (κ2) is 3.57. The maximum Gasteiger partial charge on any atom is 0.0365 e. The van der Waals surface area contributed by atoms with E-state index in [4.69, 9.17) is 0 Å². The van der Waals surface area contributed by atoms with Crippen LogP contribution in [0.3, 0.4) is 0 Å². The molecule has 0 unspecified atom stereocenters. The van der Waals surface area contributed by atoms with Crippen molar-refractivity contribution in [3.8, 4) is 0 Å². The van der Waals surface area contributed by atoms with Crippen molar-refractivity contribution >= 4 is 0 Å². The van der Waals surface area contributed by atoms with Gasteiger partial charge < -0.3 is 5.32 Å². The lowest BCUT2D eigenvalue weighted by atomic mass is 9.79. The average molecular weight is 179 g/mol. The summed E-state index contributed by atoms with van der Waals surface area (Å²) in [6.07, 6.45) is 4.28. The lowest BCUT2D eigenvalue weighted by molar-refractivity contribution is 0.472. The minimum atomic E-state index is 0.289. The van der Waals surface area contributed by atoms with Crippen molar-refractivity contribution in [2.45, 2.75) is 34.6 Å². The Morgan fingerprint density at radius 3 is 2.31 bits per heavy atom. The fourth-order valence-electron chi connectivity index (χ4n) is 1.75. The quantitative estimate of drug-likeness (QED) is 0.652. The molecule has 13 heavy (non-hydrogen) atoms. The number of rotatable bonds is 1. The molecule has 74 valence electrons. The smallest absolute Gasteiger partial charge is 0.0365 e. The molecule has 0 fully saturated rings. The van der Waals surface area contributed by atoms with Crippen LogP contribution < -0.4 is 5.32 Å². The molecule has 1 aliphatic rings. The molecule has 0 aromatic heterocycles. The Morgan fingerprint density at radius 2 is 1.92 bits per heavy atom. The van der Waals surface area contributed by atoms with Gasteiger partial charge in [-0.05, 0) is 34.8 Å². The van der Waals surface area contributed by atoms with E-state index in [0.717, 1.165) is 6.54 Å². The third-order valence-electron chi connectivity index (χ3n) is 2.54. The standard InChI is InChI=1S/C12H21N/c1-9(2)10-6-7-13-8-11(10)12(3,4)5/h6-7,9,13H,8H2,1-5H3. The van der Waals surface area contributed by atoms with Crippen LogP contribution in [0.4, 0.5) is 0 Å². The van der Waals surface area contributed by atoms with Gasteiger partial charge in [-0.3, -0.25) is 0 Å². The fourth-order valence-corrected chi connectivity index (χ4v) is 1.75. The van der Waals surface area contributed by atoms with Gasteiger partial charge in [-0.1, -0.05) is 34.6 Å². The number of nitrogens with one attached hydrogen (secondary N) is 1. The van der Waals surface area contributed by atoms with Crippen LogP contribution in [0.1, 0.15) is 34.6 Å². The molecular formula is C12H21N. The Balaban J connectivity index is 3.05. The summed E-state index contributed by atoms with van der Waals surface area (Å²) < 4.78 is 0. The Hall–Kier alpha value is -0.720. The predicted octanol–water partition coefficient (Wildman–Crippen LogP) is 3.10. The molecule has 1 N–H and O–H groups in total. The molecule has 0 bridgehead atoms. The summed E-state index contributed by atoms with van der Waals surface area (Å²) in [5.74, 6) is 0.632. The van der Waals surface area contributed by atoms with Gasteiger partial charge in [0.05, 0.1) is 0 Å². The van der Waals surface area contributed by atoms with Gasteiger partial charge in [0.1, 0.15) is 0 Å². The minimum Gasteiger partial charge on any atom is -0.387 e. The van der Waals surface area contributed by atoms with E-state index < -0.39 is 0 Å². The molecule has 0 amide bonds. The molecule has 0 aliphatic carbocycles. The first-order valence-corrected chi connectivity index (χ1v) is 5.06. The van der Waals surface area contributed by atoms with E-state index in [-0.39, 0.29) is 5.41 Å². The Morgan fingerprint density at radius 1 is 1.31 bits per heavy atom. The topological polar surface area (TPSA) is 12.0 Å². The van der Waals surface area contributed by atoms with E-state index in [0.29, 0.717) is 5.92 Å². The first kappa shape index (κ1) is 10.4. The largest absolute Gasteiger partial charge is 0.387 e. The van der Waals surface area contributed by atoms with Gasteiger partial charge in [-0.2, -0.15) is 0 Å². The molecule has 0 atom stereocenters. The van der Waals surface area contributed by atoms with Crippen LogP contribution in [-0.2, 0) is 0 Å². The highest BCUT2D eigenvalue weighted by Gasteiger charge is 2.22. The number of hydrogen-bond donors (Lipinski definition) is 1. The first-order chi connectivity index (χ1) is 5.93. The van der Waals surface area contributed by atoms with Crippen molar-refractivity contribution in [1.29, 1.82) is 0 Å². The maximum atomic E-state index is 3.29. The molecule has 0 saturated heterocycles. The van der Waals surface area contributed by atoms with Crippen molar-refractivity contribution < 1.29 is 0 Å². The normalized spacial score (nSPS) is 18.0. The monoisotopic (exact) mass is 179 g/mol. The third kappa shape index (κ3) is 2.36. The fraction of sp³-hybridized carbons (Fsp3) is 0.667. The second-order valence-electron chi connectivity index (χ2n) is 5.05. The summed E-state index contributed by atoms with van der Waals surface area (Å²) in [6.45, 7) is 12.4. The highest BCUT2D eigenvalue weighted by Crippen LogP contribution is 2.32. The van der Waals surface area contributed by atoms with Crippen molar-refractivity contribution in [3.63, 3.8) is 0 Å². The molecule has 0 aromatic rings. The minimum absolute atomic E-state index is 0.289. The van der Waals surface area contributed by atoms with Crippen molar-refractivity contribution in [1.82, 2.24) is 5.32 Å². The van der Waals surface area contributed by atoms with Gasteiger partial charge in [0.25, 0.3) is 0 Å². The van der Waals surface area contributed by atoms with Crippen LogP contribution in [-0.4, -0.2) is 6.54 Å². The molecule has 1 rings (SSSR count). The molecule has 1 heterocycles. The van der Waals surface area contributed by atoms with E-state index in [1.54, 1.807) is 5.57 Å². The van der Waals surface area contributed by atoms with Gasteiger partial charge in [-0.15, -0.1) is 0 Å². The lowest BCUT2D eigenvalue weighted by Crippen LogP contribution is -2.26. The van der Waals surface area contributed by atoms with Crippen LogP contribution in [0, 0.1) is 11.3 Å². The van der Waals surface area contributed by atoms with E-state index >= 15 is 0 Å². The van der Waals surface area contributed by atoms with Gasteiger partial charge >= 0.3 is 0 Å². The van der Waals surface area contributed by atoms with Gasteiger partial charge in [0.2, 0.25) is 0 Å². The van der Waals surface area contributed by atoms with Crippen LogP contribution >= 0.6 is 0 Å². The molecule has 0 aromatic carbocycles. The average Bonchev–Trinajstić information content (AvgIpc) is 2.03. The third-order valence-corrected chi connectivity index (χ3v) is 2.54. The number of hydrogen-bond acceptors (Lipinski definition) is 1. The summed E-state index contributed by atoms with van der Waals surface area (Å²) >= 11 is 0. The van der Waals surface area contributed by atoms with Crippen LogP contribution in [0.5, 0.6) is 0 Å². The Labute approximate surface area is 81.9 Å². The zero-order chi connectivity index (χ0) is 10.1. The molecule has 1 aliphatic heterocycles. The maximum absolute atomic E-state index is 3.29. The molecule has 1 nitrogen and oxygen atoms in total. The zero-order valence-corrected chi connectivity index (χ0v) is 9.44. The van der Waals surface area contributed by atoms with E-state index in [1.165, 1.54) is 5.57 Å². The molecule has 0 spiro atoms. The lowest BCUT2D eigenvalue weighted by Gasteiger charge is -2.30. The van der Waals surface area contributed by atoms with Crippen LogP contribution in [0.2, 0.25) is 0 Å². The second-order valence-corrected chi connectivity index (χ2v) is 5.05. The SMILES string of the molecule is CC(C)C1=C(C(C)(C)C)CNC=C1. The van der Waals surface area contributed by atoms with Gasteiger partial charge in [0.15, 0.2) is 0 Å². The first-order valence-electron chi connectivity index (χ1n) is 5.06.